The zero-order valence-corrected chi connectivity index (χ0v) is 7.26. The molecule has 0 unspecified atom stereocenters. The number of hydrogen-bond donors (Lipinski definition) is 1. The molecule has 0 heterocycles. The Balaban J connectivity index is 3.15. The zero-order valence-electron chi connectivity index (χ0n) is 5.36. The second-order valence-corrected chi connectivity index (χ2v) is 10.3. The van der Waals surface area contributed by atoms with Crippen LogP contribution in [0.25, 0.3) is 0 Å². The van der Waals surface area contributed by atoms with E-state index in [0.717, 1.165) is 0 Å². The van der Waals surface area contributed by atoms with Crippen molar-refractivity contribution in [2.75, 3.05) is 0 Å². The van der Waals surface area contributed by atoms with Crippen LogP contribution < -0.4 is 0 Å². The highest BCUT2D eigenvalue weighted by Crippen LogP contribution is 2.14. The minimum absolute atomic E-state index is 0.963. The molecule has 0 aliphatic heterocycles. The molecule has 0 aliphatic carbocycles. The van der Waals surface area contributed by atoms with Crippen LogP contribution in [0.4, 0.5) is 0 Å². The maximum Gasteiger partial charge on any atom is 0.107 e. The highest BCUT2D eigenvalue weighted by molar-refractivity contribution is 8.14. The topological polar surface area (TPSA) is 0 Å². The Morgan fingerprint density at radius 1 is 1.43 bits per heavy atom. The van der Waals surface area contributed by atoms with Gasteiger partial charge in [0.1, 0.15) is 7.22 Å². The number of hydrogen-bond acceptors (Lipinski definition) is 1. The summed E-state index contributed by atoms with van der Waals surface area (Å²) in [4.78, 5) is 0. The third-order valence-electron chi connectivity index (χ3n) is 0.862. The Bertz CT molecular complexity index is 46.5. The molecule has 2 heteroatoms. The Kier molecular flexibility index (Phi) is 3.00. The quantitative estimate of drug-likeness (QED) is 0.435. The van der Waals surface area contributed by atoms with E-state index in [9.17, 15) is 0 Å². The van der Waals surface area contributed by atoms with Gasteiger partial charge in [0.2, 0.25) is 0 Å². The molecule has 0 bridgehead atoms. The third-order valence-corrected chi connectivity index (χ3v) is 3.26. The Morgan fingerprint density at radius 3 is 1.86 bits per heavy atom. The van der Waals surface area contributed by atoms with Crippen molar-refractivity contribution >= 4 is 19.3 Å². The molecular formula is C5H14SSi. The zero-order chi connectivity index (χ0) is 5.91. The first-order valence-corrected chi connectivity index (χ1v) is 7.28. The van der Waals surface area contributed by atoms with E-state index in [0.29, 0.717) is 0 Å². The minimum Gasteiger partial charge on any atom is -0.202 e. The van der Waals surface area contributed by atoms with Gasteiger partial charge >= 0.3 is 0 Å². The molecule has 0 aliphatic rings. The third kappa shape index (κ3) is 6.57. The molecule has 7 heavy (non-hydrogen) atoms. The van der Waals surface area contributed by atoms with Gasteiger partial charge in [-0.2, -0.15) is 0 Å². The SMILES string of the molecule is CCC[Si](C)(C)S. The second kappa shape index (κ2) is 2.77. The van der Waals surface area contributed by atoms with Gasteiger partial charge in [0.05, 0.1) is 0 Å². The molecule has 0 spiro atoms. The molecule has 0 fully saturated rings. The molecule has 44 valence electrons. The van der Waals surface area contributed by atoms with Gasteiger partial charge in [-0.1, -0.05) is 26.4 Å². The molecule has 0 N–H and O–H groups in total. The average molecular weight is 134 g/mol. The van der Waals surface area contributed by atoms with E-state index < -0.39 is 7.22 Å². The van der Waals surface area contributed by atoms with E-state index in [1.807, 2.05) is 0 Å². The summed E-state index contributed by atoms with van der Waals surface area (Å²) in [6.07, 6.45) is 1.29. The largest absolute Gasteiger partial charge is 0.202 e. The van der Waals surface area contributed by atoms with Gasteiger partial charge in [-0.15, -0.1) is 0 Å². The van der Waals surface area contributed by atoms with Gasteiger partial charge < -0.3 is 0 Å². The van der Waals surface area contributed by atoms with Crippen LogP contribution in [-0.2, 0) is 0 Å². The summed E-state index contributed by atoms with van der Waals surface area (Å²) in [6, 6.07) is 1.34. The fourth-order valence-corrected chi connectivity index (χ4v) is 2.51. The summed E-state index contributed by atoms with van der Waals surface area (Å²) < 4.78 is 0. The summed E-state index contributed by atoms with van der Waals surface area (Å²) in [5.74, 6) is 0. The van der Waals surface area contributed by atoms with E-state index in [1.54, 1.807) is 0 Å². The first-order valence-electron chi connectivity index (χ1n) is 2.78. The van der Waals surface area contributed by atoms with E-state index in [-0.39, 0.29) is 0 Å². The normalized spacial score (nSPS) is 12.0. The van der Waals surface area contributed by atoms with Crippen LogP contribution in [0.5, 0.6) is 0 Å². The van der Waals surface area contributed by atoms with Crippen LogP contribution in [0.3, 0.4) is 0 Å². The predicted octanol–water partition coefficient (Wildman–Crippen LogP) is 2.53. The lowest BCUT2D eigenvalue weighted by Crippen LogP contribution is -2.14. The molecule has 0 saturated carbocycles. The first kappa shape index (κ1) is 7.57. The fraction of sp³-hybridized carbons (Fsp3) is 1.00. The van der Waals surface area contributed by atoms with Crippen LogP contribution in [0.1, 0.15) is 13.3 Å². The smallest absolute Gasteiger partial charge is 0.107 e. The van der Waals surface area contributed by atoms with Gasteiger partial charge in [-0.25, -0.2) is 12.1 Å². The Labute approximate surface area is 52.4 Å². The van der Waals surface area contributed by atoms with Crippen molar-refractivity contribution in [3.8, 4) is 0 Å². The average Bonchev–Trinajstić information content (AvgIpc) is 1.30. The molecule has 0 atom stereocenters. The van der Waals surface area contributed by atoms with Crippen molar-refractivity contribution in [2.45, 2.75) is 32.5 Å². The van der Waals surface area contributed by atoms with Gasteiger partial charge in [-0.05, 0) is 6.04 Å². The van der Waals surface area contributed by atoms with Crippen LogP contribution in [0.2, 0.25) is 19.1 Å². The lowest BCUT2D eigenvalue weighted by Gasteiger charge is -2.10. The fourth-order valence-electron chi connectivity index (χ4n) is 0.612. The lowest BCUT2D eigenvalue weighted by molar-refractivity contribution is 1.06. The van der Waals surface area contributed by atoms with Crippen molar-refractivity contribution in [1.29, 1.82) is 0 Å². The van der Waals surface area contributed by atoms with E-state index >= 15 is 0 Å². The standard InChI is InChI=1S/C5H14SSi/c1-4-5-7(2,3)6/h6H,4-5H2,1-3H3. The molecular weight excluding hydrogens is 120 g/mol. The van der Waals surface area contributed by atoms with Gasteiger partial charge in [0, 0.05) is 0 Å². The van der Waals surface area contributed by atoms with Crippen molar-refractivity contribution in [3.63, 3.8) is 0 Å². The van der Waals surface area contributed by atoms with Crippen LogP contribution in [0.15, 0.2) is 0 Å². The van der Waals surface area contributed by atoms with Crippen molar-refractivity contribution in [3.05, 3.63) is 0 Å². The minimum atomic E-state index is -0.963. The maximum absolute atomic E-state index is 4.47. The van der Waals surface area contributed by atoms with E-state index in [2.05, 4.69) is 32.1 Å². The molecule has 0 radical (unpaired) electrons. The van der Waals surface area contributed by atoms with Crippen LogP contribution in [-0.4, -0.2) is 7.22 Å². The van der Waals surface area contributed by atoms with Crippen LogP contribution in [0, 0.1) is 0 Å². The summed E-state index contributed by atoms with van der Waals surface area (Å²) in [5, 5.41) is 0. The van der Waals surface area contributed by atoms with E-state index in [1.165, 1.54) is 12.5 Å². The van der Waals surface area contributed by atoms with E-state index in [4.69, 9.17) is 0 Å². The molecule has 0 rings (SSSR count). The van der Waals surface area contributed by atoms with Crippen molar-refractivity contribution < 1.29 is 0 Å². The van der Waals surface area contributed by atoms with Gasteiger partial charge in [-0.3, -0.25) is 0 Å². The molecule has 0 saturated heterocycles. The van der Waals surface area contributed by atoms with Crippen molar-refractivity contribution in [1.82, 2.24) is 0 Å². The number of rotatable bonds is 2. The maximum atomic E-state index is 4.47. The predicted molar refractivity (Wildman–Crippen MR) is 41.6 cm³/mol. The van der Waals surface area contributed by atoms with Gasteiger partial charge in [0.15, 0.2) is 0 Å². The summed E-state index contributed by atoms with van der Waals surface area (Å²) >= 11 is 4.47. The molecule has 0 nitrogen and oxygen atoms in total. The Morgan fingerprint density at radius 2 is 1.86 bits per heavy atom. The highest BCUT2D eigenvalue weighted by atomic mass is 32.3. The second-order valence-electron chi connectivity index (χ2n) is 2.56. The summed E-state index contributed by atoms with van der Waals surface area (Å²) in [7, 11) is -0.963. The molecule has 0 aromatic rings. The van der Waals surface area contributed by atoms with Crippen LogP contribution >= 0.6 is 12.1 Å². The lowest BCUT2D eigenvalue weighted by atomic mass is 10.6. The first-order chi connectivity index (χ1) is 3.06. The Hall–Kier alpha value is 0.567. The summed E-state index contributed by atoms with van der Waals surface area (Å²) in [6.45, 7) is 6.77. The highest BCUT2D eigenvalue weighted by Gasteiger charge is 2.11. The number of thiol groups is 1. The monoisotopic (exact) mass is 134 g/mol. The summed E-state index contributed by atoms with van der Waals surface area (Å²) in [5.41, 5.74) is 0. The molecule has 0 aromatic heterocycles. The van der Waals surface area contributed by atoms with Crippen molar-refractivity contribution in [2.24, 2.45) is 0 Å². The molecule has 0 amide bonds. The van der Waals surface area contributed by atoms with Gasteiger partial charge in [0.25, 0.3) is 0 Å². The molecule has 0 aromatic carbocycles.